The van der Waals surface area contributed by atoms with Crippen LogP contribution in [0.4, 0.5) is 43.9 Å². The Morgan fingerprint density at radius 3 is 1.80 bits per heavy atom. The number of alkyl halides is 9. The highest BCUT2D eigenvalue weighted by molar-refractivity contribution is 8.17. The average Bonchev–Trinajstić information content (AvgIpc) is 2.92. The average molecular weight is 509 g/mol. The Balaban J connectivity index is 2.62. The van der Waals surface area contributed by atoms with Gasteiger partial charge in [-0.15, -0.1) is 0 Å². The van der Waals surface area contributed by atoms with Crippen molar-refractivity contribution in [2.75, 3.05) is 0 Å². The first-order valence-electron chi connectivity index (χ1n) is 7.06. The van der Waals surface area contributed by atoms with Crippen LogP contribution in [-0.2, 0) is 0 Å². The lowest BCUT2D eigenvalue weighted by atomic mass is 9.97. The van der Waals surface area contributed by atoms with Crippen LogP contribution in [0.2, 0.25) is 10.0 Å². The van der Waals surface area contributed by atoms with E-state index in [-0.39, 0.29) is 10.0 Å². The molecule has 166 valence electrons. The second kappa shape index (κ2) is 7.79. The van der Waals surface area contributed by atoms with Crippen molar-refractivity contribution < 1.29 is 48.7 Å². The highest BCUT2D eigenvalue weighted by Gasteiger charge is 2.77. The molecule has 30 heavy (non-hydrogen) atoms. The number of halogens is 12. The van der Waals surface area contributed by atoms with Crippen LogP contribution in [0, 0.1) is 0 Å². The number of carbonyl (C=O) groups excluding carboxylic acids is 1. The van der Waals surface area contributed by atoms with Gasteiger partial charge in [-0.1, -0.05) is 35.0 Å². The molecule has 1 aliphatic heterocycles. The Morgan fingerprint density at radius 1 is 0.933 bits per heavy atom. The second-order valence-electron chi connectivity index (χ2n) is 5.48. The zero-order valence-corrected chi connectivity index (χ0v) is 15.9. The number of carbonyl (C=O) groups is 1. The zero-order valence-electron chi connectivity index (χ0n) is 13.5. The molecular formula is C14H4Cl2F10N2OS. The predicted octanol–water partition coefficient (Wildman–Crippen LogP) is 6.43. The molecule has 0 saturated heterocycles. The van der Waals surface area contributed by atoms with Crippen LogP contribution in [0.1, 0.15) is 10.4 Å². The smallest absolute Gasteiger partial charge is 0.301 e. The van der Waals surface area contributed by atoms with E-state index in [2.05, 4.69) is 4.99 Å². The minimum atomic E-state index is -6.53. The van der Waals surface area contributed by atoms with E-state index < -0.39 is 63.2 Å². The summed E-state index contributed by atoms with van der Waals surface area (Å²) in [7, 11) is 0. The van der Waals surface area contributed by atoms with Crippen molar-refractivity contribution in [2.45, 2.75) is 24.1 Å². The maximum Gasteiger partial charge on any atom is 0.443 e. The van der Waals surface area contributed by atoms with E-state index in [4.69, 9.17) is 23.2 Å². The van der Waals surface area contributed by atoms with Crippen LogP contribution in [0.3, 0.4) is 0 Å². The SMILES string of the molecule is O=C(NC1=NC(C(F)(F)F)(C(F)(F)F)C(=C(F)C(F)(F)F)S1)c1cc(Cl)cc(Cl)c1. The molecule has 0 atom stereocenters. The summed E-state index contributed by atoms with van der Waals surface area (Å²) < 4.78 is 131. The van der Waals surface area contributed by atoms with Gasteiger partial charge in [0, 0.05) is 15.6 Å². The molecule has 1 N–H and O–H groups in total. The van der Waals surface area contributed by atoms with Crippen molar-refractivity contribution in [1.82, 2.24) is 5.32 Å². The van der Waals surface area contributed by atoms with Crippen molar-refractivity contribution in [1.29, 1.82) is 0 Å². The van der Waals surface area contributed by atoms with Gasteiger partial charge in [0.1, 0.15) is 0 Å². The summed E-state index contributed by atoms with van der Waals surface area (Å²) in [6.07, 6.45) is -19.2. The summed E-state index contributed by atoms with van der Waals surface area (Å²) in [6, 6.07) is 2.97. The van der Waals surface area contributed by atoms with E-state index in [0.717, 1.165) is 18.2 Å². The van der Waals surface area contributed by atoms with Gasteiger partial charge in [0.2, 0.25) is 5.83 Å². The highest BCUT2D eigenvalue weighted by Crippen LogP contribution is 2.59. The summed E-state index contributed by atoms with van der Waals surface area (Å²) >= 11 is 10.3. The van der Waals surface area contributed by atoms with Gasteiger partial charge in [-0.05, 0) is 18.2 Å². The molecule has 1 aromatic rings. The van der Waals surface area contributed by atoms with E-state index in [0.29, 0.717) is 0 Å². The van der Waals surface area contributed by atoms with Crippen molar-refractivity contribution in [2.24, 2.45) is 4.99 Å². The molecular weight excluding hydrogens is 505 g/mol. The number of thioether (sulfide) groups is 1. The Kier molecular flexibility index (Phi) is 6.38. The maximum absolute atomic E-state index is 13.6. The van der Waals surface area contributed by atoms with Crippen molar-refractivity contribution in [3.05, 3.63) is 44.5 Å². The Labute approximate surface area is 174 Å². The first kappa shape index (κ1) is 24.6. The van der Waals surface area contributed by atoms with Gasteiger partial charge in [-0.25, -0.2) is 9.38 Å². The van der Waals surface area contributed by atoms with Crippen molar-refractivity contribution in [3.8, 4) is 0 Å². The van der Waals surface area contributed by atoms with Crippen LogP contribution in [0.5, 0.6) is 0 Å². The molecule has 1 aliphatic rings. The highest BCUT2D eigenvalue weighted by atomic mass is 35.5. The maximum atomic E-state index is 13.6. The molecule has 0 unspecified atom stereocenters. The number of allylic oxidation sites excluding steroid dienone is 1. The largest absolute Gasteiger partial charge is 0.443 e. The third-order valence-corrected chi connectivity index (χ3v) is 4.91. The first-order valence-corrected chi connectivity index (χ1v) is 8.63. The fourth-order valence-electron chi connectivity index (χ4n) is 2.18. The molecule has 1 amide bonds. The van der Waals surface area contributed by atoms with Gasteiger partial charge in [0.15, 0.2) is 5.17 Å². The van der Waals surface area contributed by atoms with Crippen LogP contribution >= 0.6 is 35.0 Å². The zero-order chi connectivity index (χ0) is 23.3. The van der Waals surface area contributed by atoms with E-state index in [1.807, 2.05) is 0 Å². The van der Waals surface area contributed by atoms with Gasteiger partial charge >= 0.3 is 18.5 Å². The number of nitrogens with one attached hydrogen (secondary N) is 1. The topological polar surface area (TPSA) is 41.5 Å². The van der Waals surface area contributed by atoms with Crippen LogP contribution in [-0.4, -0.2) is 35.1 Å². The molecule has 0 saturated carbocycles. The number of hydrogen-bond donors (Lipinski definition) is 1. The minimum absolute atomic E-state index is 0.141. The Bertz CT molecular complexity index is 902. The molecule has 0 aliphatic carbocycles. The Morgan fingerprint density at radius 2 is 1.40 bits per heavy atom. The summed E-state index contributed by atoms with van der Waals surface area (Å²) in [4.78, 5) is 11.5. The summed E-state index contributed by atoms with van der Waals surface area (Å²) in [6.45, 7) is 0. The number of rotatable bonds is 1. The molecule has 1 aromatic carbocycles. The van der Waals surface area contributed by atoms with Crippen molar-refractivity contribution in [3.63, 3.8) is 0 Å². The fourth-order valence-corrected chi connectivity index (χ4v) is 3.86. The van der Waals surface area contributed by atoms with E-state index in [1.165, 1.54) is 5.32 Å². The van der Waals surface area contributed by atoms with Crippen molar-refractivity contribution >= 4 is 46.0 Å². The van der Waals surface area contributed by atoms with Gasteiger partial charge in [0.25, 0.3) is 11.4 Å². The molecule has 16 heteroatoms. The molecule has 0 radical (unpaired) electrons. The van der Waals surface area contributed by atoms with Crippen LogP contribution in [0.15, 0.2) is 33.9 Å². The number of amides is 1. The standard InChI is InChI=1S/C14H4Cl2F10N2OS/c15-5-1-4(2-6(16)3-5)9(29)27-10-28-11(13(21,22)23,14(24,25)26)8(30-10)7(17)12(18,19)20/h1-3H,(H,27,28,29). The number of hydrogen-bond acceptors (Lipinski definition) is 3. The van der Waals surface area contributed by atoms with E-state index >= 15 is 0 Å². The van der Waals surface area contributed by atoms with Crippen LogP contribution in [0.25, 0.3) is 0 Å². The molecule has 0 fully saturated rings. The second-order valence-corrected chi connectivity index (χ2v) is 7.35. The number of benzene rings is 1. The van der Waals surface area contributed by atoms with E-state index in [1.54, 1.807) is 0 Å². The first-order chi connectivity index (χ1) is 13.4. The normalized spacial score (nSPS) is 18.9. The summed E-state index contributed by atoms with van der Waals surface area (Å²) in [5, 5.41) is -0.379. The third-order valence-electron chi connectivity index (χ3n) is 3.41. The Hall–Kier alpha value is -1.67. The monoisotopic (exact) mass is 508 g/mol. The van der Waals surface area contributed by atoms with Gasteiger partial charge in [-0.2, -0.15) is 39.5 Å². The molecule has 0 spiro atoms. The van der Waals surface area contributed by atoms with Gasteiger partial charge in [-0.3, -0.25) is 4.79 Å². The van der Waals surface area contributed by atoms with Gasteiger partial charge in [0.05, 0.1) is 4.91 Å². The predicted molar refractivity (Wildman–Crippen MR) is 88.0 cm³/mol. The quantitative estimate of drug-likeness (QED) is 0.444. The number of aliphatic imine (C=N–C) groups is 1. The summed E-state index contributed by atoms with van der Waals surface area (Å²) in [5.74, 6) is -5.06. The number of amidine groups is 1. The minimum Gasteiger partial charge on any atom is -0.301 e. The molecule has 1 heterocycles. The van der Waals surface area contributed by atoms with E-state index in [9.17, 15) is 48.7 Å². The summed E-state index contributed by atoms with van der Waals surface area (Å²) in [5.41, 5.74) is -6.03. The molecule has 0 aromatic heterocycles. The fraction of sp³-hybridized carbons (Fsp3) is 0.286. The number of nitrogens with zero attached hydrogens (tertiary/aromatic N) is 1. The molecule has 3 nitrogen and oxygen atoms in total. The lowest BCUT2D eigenvalue weighted by molar-refractivity contribution is -0.280. The van der Waals surface area contributed by atoms with Gasteiger partial charge < -0.3 is 5.32 Å². The lowest BCUT2D eigenvalue weighted by Crippen LogP contribution is -2.55. The van der Waals surface area contributed by atoms with Crippen LogP contribution < -0.4 is 5.32 Å². The third kappa shape index (κ3) is 4.49. The molecule has 0 bridgehead atoms. The molecule has 2 rings (SSSR count). The lowest BCUT2D eigenvalue weighted by Gasteiger charge is -2.31.